The van der Waals surface area contributed by atoms with Crippen molar-refractivity contribution in [2.75, 3.05) is 13.1 Å². The Bertz CT molecular complexity index is 121. The van der Waals surface area contributed by atoms with Gasteiger partial charge in [0, 0.05) is 0 Å². The van der Waals surface area contributed by atoms with Gasteiger partial charge >= 0.3 is 49.6 Å². The van der Waals surface area contributed by atoms with Gasteiger partial charge in [0.05, 0.1) is 0 Å². The van der Waals surface area contributed by atoms with Gasteiger partial charge in [-0.2, -0.15) is 0 Å². The van der Waals surface area contributed by atoms with E-state index in [1.807, 2.05) is 0 Å². The Morgan fingerprint density at radius 1 is 0.923 bits per heavy atom. The van der Waals surface area contributed by atoms with Crippen LogP contribution in [0.3, 0.4) is 0 Å². The molecule has 1 aliphatic rings. The first-order valence-corrected chi connectivity index (χ1v) is 15.0. The van der Waals surface area contributed by atoms with Crippen molar-refractivity contribution in [1.29, 1.82) is 0 Å². The molecule has 86 valence electrons. The summed E-state index contributed by atoms with van der Waals surface area (Å²) in [5.41, 5.74) is 10.9. The van der Waals surface area contributed by atoms with Gasteiger partial charge in [-0.25, -0.2) is 0 Å². The van der Waals surface area contributed by atoms with Crippen LogP contribution >= 0.6 is 37.7 Å². The van der Waals surface area contributed by atoms with Crippen molar-refractivity contribution >= 4 is 37.7 Å². The molecule has 0 aromatic rings. The summed E-state index contributed by atoms with van der Waals surface area (Å²) >= 11 is -3.06. The Hall–Kier alpha value is 1.77. The Labute approximate surface area is 98.1 Å². The fraction of sp³-hybridized carbons (Fsp3) is 1.00. The monoisotopic (exact) mass is 449 g/mol. The van der Waals surface area contributed by atoms with Gasteiger partial charge in [-0.3, -0.25) is 0 Å². The minimum absolute atomic E-state index is 0.750. The molecule has 0 saturated heterocycles. The summed E-state index contributed by atoms with van der Waals surface area (Å²) in [6, 6.07) is 0. The van der Waals surface area contributed by atoms with Gasteiger partial charge in [0.25, 0.3) is 0 Å². The van der Waals surface area contributed by atoms with Crippen LogP contribution in [0.1, 0.15) is 12.8 Å². The van der Waals surface area contributed by atoms with Crippen LogP contribution < -0.4 is 11.5 Å². The molecule has 1 aliphatic carbocycles. The van der Waals surface area contributed by atoms with Crippen LogP contribution in [0.15, 0.2) is 0 Å². The third-order valence-corrected chi connectivity index (χ3v) is 2.18. The Morgan fingerprint density at radius 3 is 1.23 bits per heavy atom. The van der Waals surface area contributed by atoms with E-state index in [9.17, 15) is 0 Å². The van der Waals surface area contributed by atoms with Gasteiger partial charge in [-0.15, -0.1) is 0 Å². The van der Waals surface area contributed by atoms with Crippen LogP contribution in [-0.2, 0) is 11.9 Å². The zero-order chi connectivity index (χ0) is 10.5. The fourth-order valence-corrected chi connectivity index (χ4v) is 1.26. The van der Waals surface area contributed by atoms with Gasteiger partial charge in [-0.05, 0) is 37.8 Å². The van der Waals surface area contributed by atoms with E-state index in [0.29, 0.717) is 0 Å². The summed E-state index contributed by atoms with van der Waals surface area (Å²) in [5, 5.41) is 0. The molecule has 0 amide bonds. The van der Waals surface area contributed by atoms with Crippen molar-refractivity contribution < 1.29 is 11.9 Å². The Morgan fingerprint density at radius 2 is 1.15 bits per heavy atom. The molecule has 0 aliphatic heterocycles. The number of hydrogen-bond acceptors (Lipinski definition) is 2. The predicted octanol–water partition coefficient (Wildman–Crippen LogP) is 2.69. The van der Waals surface area contributed by atoms with Crippen LogP contribution in [0.5, 0.6) is 0 Å². The van der Waals surface area contributed by atoms with E-state index in [-0.39, 0.29) is 0 Å². The molecule has 2 atom stereocenters. The van der Waals surface area contributed by atoms with Gasteiger partial charge in [-0.1, -0.05) is 0 Å². The summed E-state index contributed by atoms with van der Waals surface area (Å²) in [4.78, 5) is 0. The third kappa shape index (κ3) is 8.74. The summed E-state index contributed by atoms with van der Waals surface area (Å²) in [6.45, 7) is 1.67. The molecule has 0 heterocycles. The number of nitrogens with two attached hydrogens (primary N) is 2. The van der Waals surface area contributed by atoms with E-state index < -0.39 is 11.9 Å². The molecule has 0 bridgehead atoms. The number of rotatable bonds is 2. The van der Waals surface area contributed by atoms with Crippen LogP contribution in [-0.4, -0.2) is 13.1 Å². The normalized spacial score (nSPS) is 28.5. The molecular weight excluding hydrogens is 437 g/mol. The zero-order valence-electron chi connectivity index (χ0n) is 6.97. The molecule has 13 heavy (non-hydrogen) atoms. The van der Waals surface area contributed by atoms with E-state index in [1.165, 1.54) is 12.8 Å². The van der Waals surface area contributed by atoms with E-state index >= 15 is 0 Å². The zero-order valence-corrected chi connectivity index (χ0v) is 12.3. The summed E-state index contributed by atoms with van der Waals surface area (Å²) in [7, 11) is 20.0. The maximum absolute atomic E-state index is 5.44. The Kier molecular flexibility index (Phi) is 8.08. The molecule has 2 nitrogen and oxygen atoms in total. The third-order valence-electron chi connectivity index (χ3n) is 2.18. The second-order valence-electron chi connectivity index (χ2n) is 2.84. The van der Waals surface area contributed by atoms with Crippen LogP contribution in [0, 0.1) is 11.8 Å². The van der Waals surface area contributed by atoms with Crippen LogP contribution in [0.25, 0.3) is 0 Å². The van der Waals surface area contributed by atoms with Crippen molar-refractivity contribution in [2.45, 2.75) is 12.8 Å². The second-order valence-corrected chi connectivity index (χ2v) is 22.5. The van der Waals surface area contributed by atoms with Crippen molar-refractivity contribution in [3.8, 4) is 0 Å². The van der Waals surface area contributed by atoms with E-state index in [2.05, 4.69) is 0 Å². The Balaban J connectivity index is 0.000000252. The first-order chi connectivity index (χ1) is 5.88. The first-order valence-electron chi connectivity index (χ1n) is 3.76. The molecule has 0 radical (unpaired) electrons. The van der Waals surface area contributed by atoms with Crippen LogP contribution in [0.2, 0.25) is 0 Å². The minimum atomic E-state index is -3.06. The number of hydrogen-bond donors (Lipinski definition) is 2. The SMILES string of the molecule is NCC1CCC1CN.[Cl][Pt]([Cl])([Cl])[Cl]. The first kappa shape index (κ1) is 14.8. The standard InChI is InChI=1S/C6H14N2.4ClH.Pt/c7-3-5-1-2-6(5)4-8;;;;;/h5-6H,1-4,7-8H2;4*1H;/q;;;;;+4/p-4. The van der Waals surface area contributed by atoms with Crippen molar-refractivity contribution in [3.63, 3.8) is 0 Å². The van der Waals surface area contributed by atoms with E-state index in [0.717, 1.165) is 24.9 Å². The molecule has 0 aromatic heterocycles. The summed E-state index contributed by atoms with van der Waals surface area (Å²) in [5.74, 6) is 1.50. The molecule has 1 rings (SSSR count). The quantitative estimate of drug-likeness (QED) is 0.679. The maximum atomic E-state index is 5.44. The second kappa shape index (κ2) is 7.11. The topological polar surface area (TPSA) is 52.0 Å². The van der Waals surface area contributed by atoms with E-state index in [1.54, 1.807) is 0 Å². The molecule has 0 aromatic carbocycles. The van der Waals surface area contributed by atoms with Crippen molar-refractivity contribution in [2.24, 2.45) is 23.3 Å². The summed E-state index contributed by atoms with van der Waals surface area (Å²) < 4.78 is 0. The van der Waals surface area contributed by atoms with Gasteiger partial charge in [0.2, 0.25) is 0 Å². The van der Waals surface area contributed by atoms with Gasteiger partial charge in [0.1, 0.15) is 0 Å². The molecule has 1 saturated carbocycles. The average molecular weight is 451 g/mol. The average Bonchev–Trinajstić information content (AvgIpc) is 1.83. The van der Waals surface area contributed by atoms with Gasteiger partial charge in [0.15, 0.2) is 0 Å². The van der Waals surface area contributed by atoms with Gasteiger partial charge < -0.3 is 11.5 Å². The molecule has 0 spiro atoms. The molecular formula is C6H14Cl4N2Pt. The molecule has 7 heteroatoms. The molecule has 2 unspecified atom stereocenters. The predicted molar refractivity (Wildman–Crippen MR) is 57.7 cm³/mol. The molecule has 4 N–H and O–H groups in total. The van der Waals surface area contributed by atoms with E-state index in [4.69, 9.17) is 49.1 Å². The van der Waals surface area contributed by atoms with Crippen molar-refractivity contribution in [3.05, 3.63) is 0 Å². The van der Waals surface area contributed by atoms with Crippen LogP contribution in [0.4, 0.5) is 0 Å². The molecule has 1 fully saturated rings. The fourth-order valence-electron chi connectivity index (χ4n) is 1.26. The summed E-state index contributed by atoms with van der Waals surface area (Å²) in [6.07, 6.45) is 2.61. The number of halogens is 4. The van der Waals surface area contributed by atoms with Crippen molar-refractivity contribution in [1.82, 2.24) is 0 Å².